The van der Waals surface area contributed by atoms with Gasteiger partial charge in [0.2, 0.25) is 0 Å². The zero-order valence-electron chi connectivity index (χ0n) is 15.8. The highest BCUT2D eigenvalue weighted by Gasteiger charge is 2.15. The highest BCUT2D eigenvalue weighted by molar-refractivity contribution is 6.06. The van der Waals surface area contributed by atoms with Gasteiger partial charge in [-0.3, -0.25) is 9.59 Å². The van der Waals surface area contributed by atoms with Crippen LogP contribution >= 0.6 is 0 Å². The van der Waals surface area contributed by atoms with Crippen LogP contribution < -0.4 is 11.0 Å². The van der Waals surface area contributed by atoms with Crippen molar-refractivity contribution in [2.24, 2.45) is 12.1 Å². The predicted octanol–water partition coefficient (Wildman–Crippen LogP) is 3.40. The van der Waals surface area contributed by atoms with E-state index in [0.29, 0.717) is 22.9 Å². The standard InChI is InChI=1S/C21H21FN4O2/c1-3-4-9-18(14-10-12-15(22)13-11-14)23-24-20(27)19-16-7-5-6-8-17(16)21(28)26(2)25-19/h5-8,10-13H,3-4,9H2,1-2H3,(H,24,27)/b23-18-. The van der Waals surface area contributed by atoms with Crippen molar-refractivity contribution >= 4 is 22.4 Å². The fourth-order valence-corrected chi connectivity index (χ4v) is 2.89. The first-order chi connectivity index (χ1) is 13.5. The number of aryl methyl sites for hydroxylation is 1. The Morgan fingerprint density at radius 1 is 1.14 bits per heavy atom. The normalized spacial score (nSPS) is 11.6. The summed E-state index contributed by atoms with van der Waals surface area (Å²) in [5.41, 5.74) is 3.79. The second-order valence-corrected chi connectivity index (χ2v) is 6.43. The zero-order chi connectivity index (χ0) is 20.1. The van der Waals surface area contributed by atoms with Gasteiger partial charge in [0.05, 0.1) is 11.1 Å². The summed E-state index contributed by atoms with van der Waals surface area (Å²) in [6.07, 6.45) is 2.48. The van der Waals surface area contributed by atoms with Crippen molar-refractivity contribution in [3.8, 4) is 0 Å². The molecule has 1 amide bonds. The molecule has 1 N–H and O–H groups in total. The van der Waals surface area contributed by atoms with Crippen LogP contribution in [0.5, 0.6) is 0 Å². The van der Waals surface area contributed by atoms with Gasteiger partial charge >= 0.3 is 0 Å². The molecule has 0 bridgehead atoms. The molecule has 3 rings (SSSR count). The van der Waals surface area contributed by atoms with E-state index in [2.05, 4.69) is 22.5 Å². The molecule has 1 aromatic heterocycles. The third-order valence-corrected chi connectivity index (χ3v) is 4.41. The maximum Gasteiger partial charge on any atom is 0.292 e. The Balaban J connectivity index is 1.94. The van der Waals surface area contributed by atoms with E-state index in [0.717, 1.165) is 23.1 Å². The molecule has 0 aliphatic rings. The molecule has 0 aliphatic heterocycles. The van der Waals surface area contributed by atoms with Crippen molar-refractivity contribution in [1.82, 2.24) is 15.2 Å². The molecule has 0 radical (unpaired) electrons. The summed E-state index contributed by atoms with van der Waals surface area (Å²) in [5.74, 6) is -0.841. The van der Waals surface area contributed by atoms with E-state index in [4.69, 9.17) is 0 Å². The first kappa shape index (κ1) is 19.4. The molecule has 0 saturated carbocycles. The molecule has 6 nitrogen and oxygen atoms in total. The van der Waals surface area contributed by atoms with Crippen molar-refractivity contribution in [2.75, 3.05) is 0 Å². The zero-order valence-corrected chi connectivity index (χ0v) is 15.8. The smallest absolute Gasteiger partial charge is 0.267 e. The van der Waals surface area contributed by atoms with Crippen LogP contribution in [-0.4, -0.2) is 21.4 Å². The van der Waals surface area contributed by atoms with Gasteiger partial charge in [-0.15, -0.1) is 0 Å². The first-order valence-corrected chi connectivity index (χ1v) is 9.10. The quantitative estimate of drug-likeness (QED) is 0.526. The molecule has 0 fully saturated rings. The number of hydrogen-bond acceptors (Lipinski definition) is 4. The lowest BCUT2D eigenvalue weighted by molar-refractivity contribution is 0.0949. The highest BCUT2D eigenvalue weighted by Crippen LogP contribution is 2.13. The number of halogens is 1. The molecule has 7 heteroatoms. The van der Waals surface area contributed by atoms with Gasteiger partial charge < -0.3 is 0 Å². The Morgan fingerprint density at radius 2 is 1.82 bits per heavy atom. The van der Waals surface area contributed by atoms with E-state index < -0.39 is 5.91 Å². The second-order valence-electron chi connectivity index (χ2n) is 6.43. The number of hydrogen-bond donors (Lipinski definition) is 1. The number of hydrazone groups is 1. The number of fused-ring (bicyclic) bond motifs is 1. The summed E-state index contributed by atoms with van der Waals surface area (Å²) in [6, 6.07) is 12.8. The predicted molar refractivity (Wildman–Crippen MR) is 107 cm³/mol. The van der Waals surface area contributed by atoms with Gasteiger partial charge in [-0.2, -0.15) is 10.2 Å². The van der Waals surface area contributed by atoms with E-state index in [1.165, 1.54) is 19.2 Å². The number of amides is 1. The number of benzene rings is 2. The third-order valence-electron chi connectivity index (χ3n) is 4.41. The van der Waals surface area contributed by atoms with Gasteiger partial charge in [0.25, 0.3) is 11.5 Å². The summed E-state index contributed by atoms with van der Waals surface area (Å²) in [4.78, 5) is 24.9. The maximum absolute atomic E-state index is 13.2. The molecular weight excluding hydrogens is 359 g/mol. The van der Waals surface area contributed by atoms with Crippen molar-refractivity contribution in [3.05, 3.63) is 76.0 Å². The lowest BCUT2D eigenvalue weighted by atomic mass is 10.0. The first-order valence-electron chi connectivity index (χ1n) is 9.10. The maximum atomic E-state index is 13.2. The minimum absolute atomic E-state index is 0.121. The van der Waals surface area contributed by atoms with E-state index in [-0.39, 0.29) is 17.1 Å². The van der Waals surface area contributed by atoms with Gasteiger partial charge in [-0.25, -0.2) is 14.5 Å². The van der Waals surface area contributed by atoms with Gasteiger partial charge in [0.15, 0.2) is 5.69 Å². The summed E-state index contributed by atoms with van der Waals surface area (Å²) in [7, 11) is 1.50. The fraction of sp³-hybridized carbons (Fsp3) is 0.238. The summed E-state index contributed by atoms with van der Waals surface area (Å²) >= 11 is 0. The van der Waals surface area contributed by atoms with Crippen LogP contribution in [0.25, 0.3) is 10.8 Å². The topological polar surface area (TPSA) is 76.3 Å². The van der Waals surface area contributed by atoms with Gasteiger partial charge in [-0.05, 0) is 36.6 Å². The van der Waals surface area contributed by atoms with Crippen LogP contribution in [-0.2, 0) is 7.05 Å². The molecule has 0 unspecified atom stereocenters. The Hall–Kier alpha value is -3.35. The Morgan fingerprint density at radius 3 is 2.50 bits per heavy atom. The van der Waals surface area contributed by atoms with Crippen molar-refractivity contribution in [3.63, 3.8) is 0 Å². The molecule has 0 aliphatic carbocycles. The molecule has 3 aromatic rings. The molecule has 144 valence electrons. The SMILES string of the molecule is CCCC/C(=N/NC(=O)c1nn(C)c(=O)c2ccccc12)c1ccc(F)cc1. The second kappa shape index (κ2) is 8.56. The van der Waals surface area contributed by atoms with Crippen molar-refractivity contribution in [2.45, 2.75) is 26.2 Å². The molecule has 0 spiro atoms. The van der Waals surface area contributed by atoms with E-state index >= 15 is 0 Å². The minimum atomic E-state index is -0.511. The fourth-order valence-electron chi connectivity index (χ4n) is 2.89. The summed E-state index contributed by atoms with van der Waals surface area (Å²) < 4.78 is 14.3. The van der Waals surface area contributed by atoms with E-state index in [1.807, 2.05) is 0 Å². The minimum Gasteiger partial charge on any atom is -0.267 e. The lowest BCUT2D eigenvalue weighted by Crippen LogP contribution is -2.27. The van der Waals surface area contributed by atoms with Crippen LogP contribution in [0, 0.1) is 5.82 Å². The largest absolute Gasteiger partial charge is 0.292 e. The highest BCUT2D eigenvalue weighted by atomic mass is 19.1. The Labute approximate surface area is 161 Å². The molecular formula is C21H21FN4O2. The number of carbonyl (C=O) groups excluding carboxylic acids is 1. The molecule has 0 saturated heterocycles. The lowest BCUT2D eigenvalue weighted by Gasteiger charge is -2.09. The monoisotopic (exact) mass is 380 g/mol. The molecule has 1 heterocycles. The number of aromatic nitrogens is 2. The van der Waals surface area contributed by atoms with Crippen molar-refractivity contribution < 1.29 is 9.18 Å². The Kier molecular flexibility index (Phi) is 5.93. The van der Waals surface area contributed by atoms with Crippen LogP contribution in [0.15, 0.2) is 58.4 Å². The van der Waals surface area contributed by atoms with Gasteiger partial charge in [-0.1, -0.05) is 43.7 Å². The average molecular weight is 380 g/mol. The number of nitrogens with one attached hydrogen (secondary N) is 1. The van der Waals surface area contributed by atoms with E-state index in [9.17, 15) is 14.0 Å². The van der Waals surface area contributed by atoms with E-state index in [1.54, 1.807) is 36.4 Å². The van der Waals surface area contributed by atoms with Crippen LogP contribution in [0.1, 0.15) is 42.2 Å². The van der Waals surface area contributed by atoms with Gasteiger partial charge in [0.1, 0.15) is 5.82 Å². The van der Waals surface area contributed by atoms with Gasteiger partial charge in [0, 0.05) is 12.4 Å². The molecule has 0 atom stereocenters. The Bertz CT molecular complexity index is 1090. The average Bonchev–Trinajstić information content (AvgIpc) is 2.71. The molecule has 28 heavy (non-hydrogen) atoms. The van der Waals surface area contributed by atoms with Crippen LogP contribution in [0.3, 0.4) is 0 Å². The number of nitrogens with zero attached hydrogens (tertiary/aromatic N) is 3. The van der Waals surface area contributed by atoms with Crippen LogP contribution in [0.2, 0.25) is 0 Å². The van der Waals surface area contributed by atoms with Crippen molar-refractivity contribution in [1.29, 1.82) is 0 Å². The summed E-state index contributed by atoms with van der Waals surface area (Å²) in [6.45, 7) is 2.06. The van der Waals surface area contributed by atoms with Crippen LogP contribution in [0.4, 0.5) is 4.39 Å². The number of rotatable bonds is 6. The molecule has 2 aromatic carbocycles. The number of carbonyl (C=O) groups is 1. The summed E-state index contributed by atoms with van der Waals surface area (Å²) in [5, 5.41) is 9.25. The number of unbranched alkanes of at least 4 members (excludes halogenated alkanes) is 1. The third kappa shape index (κ3) is 4.14.